The van der Waals surface area contributed by atoms with Gasteiger partial charge < -0.3 is 14.0 Å². The summed E-state index contributed by atoms with van der Waals surface area (Å²) in [6.45, 7) is 21.8. The van der Waals surface area contributed by atoms with Crippen LogP contribution in [0.3, 0.4) is 0 Å². The number of hydrogen-bond acceptors (Lipinski definition) is 7. The van der Waals surface area contributed by atoms with Crippen LogP contribution in [-0.4, -0.2) is 58.1 Å². The van der Waals surface area contributed by atoms with E-state index in [1.165, 1.54) is 11.8 Å². The Morgan fingerprint density at radius 1 is 0.821 bits per heavy atom. The van der Waals surface area contributed by atoms with Gasteiger partial charge in [-0.05, 0) is 61.8 Å². The molecule has 0 aliphatic carbocycles. The third-order valence-corrected chi connectivity index (χ3v) is 8.17. The molecule has 0 aromatic heterocycles. The van der Waals surface area contributed by atoms with Crippen molar-refractivity contribution < 1.29 is 18.8 Å². The molecule has 28 heavy (non-hydrogen) atoms. The van der Waals surface area contributed by atoms with Crippen molar-refractivity contribution >= 4 is 25.3 Å². The van der Waals surface area contributed by atoms with E-state index in [0.29, 0.717) is 30.1 Å². The second kappa shape index (κ2) is 15.1. The quantitative estimate of drug-likeness (QED) is 0.185. The highest BCUT2D eigenvalue weighted by molar-refractivity contribution is 8.13. The van der Waals surface area contributed by atoms with Crippen LogP contribution in [0.2, 0.25) is 0 Å². The normalized spacial score (nSPS) is 13.9. The number of carbonyl (C=O) groups is 1. The lowest BCUT2D eigenvalue weighted by Gasteiger charge is -2.45. The fourth-order valence-electron chi connectivity index (χ4n) is 2.86. The second-order valence-corrected chi connectivity index (χ2v) is 10.7. The van der Waals surface area contributed by atoms with Crippen LogP contribution in [0, 0.1) is 5.92 Å². The van der Waals surface area contributed by atoms with Gasteiger partial charge in [0, 0.05) is 30.1 Å². The third kappa shape index (κ3) is 10.3. The summed E-state index contributed by atoms with van der Waals surface area (Å²) >= 11 is 1.20. The van der Waals surface area contributed by atoms with Crippen molar-refractivity contribution in [1.82, 2.24) is 9.34 Å². The maximum Gasteiger partial charge on any atom is 0.193 e. The molecule has 0 aliphatic rings. The van der Waals surface area contributed by atoms with Gasteiger partial charge in [0.25, 0.3) is 0 Å². The summed E-state index contributed by atoms with van der Waals surface area (Å²) in [6, 6.07) is 1.46. The molecular formula is C20H43N2O4PS. The molecule has 0 saturated carbocycles. The molecule has 8 heteroatoms. The molecule has 0 amide bonds. The first-order chi connectivity index (χ1) is 13.0. The van der Waals surface area contributed by atoms with Crippen LogP contribution in [0.5, 0.6) is 0 Å². The Kier molecular flexibility index (Phi) is 15.2. The maximum atomic E-state index is 11.8. The van der Waals surface area contributed by atoms with E-state index < -0.39 is 8.45 Å². The predicted molar refractivity (Wildman–Crippen MR) is 121 cm³/mol. The topological polar surface area (TPSA) is 51.2 Å². The van der Waals surface area contributed by atoms with Crippen molar-refractivity contribution in [1.29, 1.82) is 0 Å². The van der Waals surface area contributed by atoms with Crippen molar-refractivity contribution in [2.75, 3.05) is 19.5 Å². The van der Waals surface area contributed by atoms with Gasteiger partial charge in [-0.3, -0.25) is 4.79 Å². The van der Waals surface area contributed by atoms with Gasteiger partial charge in [-0.1, -0.05) is 25.6 Å². The minimum Gasteiger partial charge on any atom is -0.344 e. The molecule has 1 unspecified atom stereocenters. The van der Waals surface area contributed by atoms with Crippen LogP contribution >= 0.6 is 20.2 Å². The summed E-state index contributed by atoms with van der Waals surface area (Å²) in [6.07, 6.45) is 0.851. The van der Waals surface area contributed by atoms with Gasteiger partial charge in [-0.15, -0.1) is 0 Å². The highest BCUT2D eigenvalue weighted by atomic mass is 32.2. The van der Waals surface area contributed by atoms with Crippen LogP contribution in [0.25, 0.3) is 0 Å². The molecule has 168 valence electrons. The molecule has 0 rings (SSSR count). The Bertz CT molecular complexity index is 389. The molecule has 0 N–H and O–H groups in total. The average molecular weight is 439 g/mol. The van der Waals surface area contributed by atoms with E-state index in [1.54, 1.807) is 0 Å². The maximum absolute atomic E-state index is 11.8. The van der Waals surface area contributed by atoms with Gasteiger partial charge in [-0.2, -0.15) is 0 Å². The second-order valence-electron chi connectivity index (χ2n) is 8.05. The molecule has 0 bridgehead atoms. The summed E-state index contributed by atoms with van der Waals surface area (Å²) in [5.41, 5.74) is 0. The van der Waals surface area contributed by atoms with E-state index in [9.17, 15) is 4.79 Å². The molecule has 1 atom stereocenters. The molecule has 0 aromatic carbocycles. The van der Waals surface area contributed by atoms with Crippen molar-refractivity contribution in [3.05, 3.63) is 0 Å². The molecule has 6 nitrogen and oxygen atoms in total. The van der Waals surface area contributed by atoms with E-state index in [1.807, 2.05) is 13.8 Å². The number of hydrogen-bond donors (Lipinski definition) is 0. The molecule has 0 spiro atoms. The Morgan fingerprint density at radius 2 is 1.29 bits per heavy atom. The highest BCUT2D eigenvalue weighted by Gasteiger charge is 2.34. The molecule has 0 saturated heterocycles. The largest absolute Gasteiger partial charge is 0.344 e. The van der Waals surface area contributed by atoms with Gasteiger partial charge in [0.2, 0.25) is 0 Å². The summed E-state index contributed by atoms with van der Waals surface area (Å²) in [5, 5.41) is 0.163. The monoisotopic (exact) mass is 438 g/mol. The van der Waals surface area contributed by atoms with Crippen LogP contribution in [0.15, 0.2) is 0 Å². The first-order valence-corrected chi connectivity index (χ1v) is 12.5. The van der Waals surface area contributed by atoms with Gasteiger partial charge >= 0.3 is 0 Å². The van der Waals surface area contributed by atoms with Crippen molar-refractivity contribution in [2.45, 2.75) is 99.8 Å². The van der Waals surface area contributed by atoms with Gasteiger partial charge in [0.15, 0.2) is 27.2 Å². The Balaban J connectivity index is 4.63. The van der Waals surface area contributed by atoms with Gasteiger partial charge in [0.1, 0.15) is 5.94 Å². The van der Waals surface area contributed by atoms with Crippen molar-refractivity contribution in [2.24, 2.45) is 5.92 Å². The fraction of sp³-hybridized carbons (Fsp3) is 0.950. The van der Waals surface area contributed by atoms with Gasteiger partial charge in [0.05, 0.1) is 0 Å². The molecule has 0 aromatic rings. The zero-order valence-electron chi connectivity index (χ0n) is 19.6. The van der Waals surface area contributed by atoms with Crippen LogP contribution < -0.4 is 0 Å². The van der Waals surface area contributed by atoms with E-state index in [0.717, 1.165) is 6.42 Å². The Hall–Kier alpha value is 0.250. The fourth-order valence-corrected chi connectivity index (χ4v) is 5.83. The number of rotatable bonds is 15. The minimum atomic E-state index is -0.964. The minimum absolute atomic E-state index is 0.0671. The first kappa shape index (κ1) is 28.2. The lowest BCUT2D eigenvalue weighted by Crippen LogP contribution is -2.43. The lowest BCUT2D eigenvalue weighted by atomic mass is 10.1. The van der Waals surface area contributed by atoms with Crippen LogP contribution in [0.4, 0.5) is 0 Å². The molecule has 0 aliphatic heterocycles. The average Bonchev–Trinajstić information content (AvgIpc) is 2.58. The van der Waals surface area contributed by atoms with E-state index in [2.05, 4.69) is 64.7 Å². The van der Waals surface area contributed by atoms with Crippen LogP contribution in [0.1, 0.15) is 75.7 Å². The van der Waals surface area contributed by atoms with Crippen LogP contribution in [-0.2, 0) is 18.8 Å². The smallest absolute Gasteiger partial charge is 0.193 e. The van der Waals surface area contributed by atoms with E-state index in [4.69, 9.17) is 14.0 Å². The van der Waals surface area contributed by atoms with Crippen molar-refractivity contribution in [3.63, 3.8) is 0 Å². The first-order valence-electron chi connectivity index (χ1n) is 10.4. The zero-order valence-corrected chi connectivity index (χ0v) is 21.3. The SMILES string of the molecule is CCC(C)C(=O)SCOCOCOP(N(C(C)C)C(C)C)N(C(C)C)C(C)C. The summed E-state index contributed by atoms with van der Waals surface area (Å²) in [5.74, 6) is 0.379. The van der Waals surface area contributed by atoms with E-state index in [-0.39, 0.29) is 24.6 Å². The summed E-state index contributed by atoms with van der Waals surface area (Å²) in [4.78, 5) is 11.8. The standard InChI is InChI=1S/C20H43N2O4PS/c1-11-19(10)20(23)28-14-25-12-24-13-26-27(21(15(2)3)16(4)5)22(17(6)7)18(8)9/h15-19H,11-14H2,1-10H3. The molecule has 0 heterocycles. The number of carbonyl (C=O) groups excluding carboxylic acids is 1. The molecule has 0 fully saturated rings. The Labute approximate surface area is 179 Å². The molecule has 0 radical (unpaired) electrons. The molecular weight excluding hydrogens is 395 g/mol. The number of nitrogens with zero attached hydrogens (tertiary/aromatic N) is 2. The third-order valence-electron chi connectivity index (χ3n) is 4.23. The van der Waals surface area contributed by atoms with Gasteiger partial charge in [-0.25, -0.2) is 9.34 Å². The van der Waals surface area contributed by atoms with E-state index >= 15 is 0 Å². The summed E-state index contributed by atoms with van der Waals surface area (Å²) in [7, 11) is -0.964. The summed E-state index contributed by atoms with van der Waals surface area (Å²) < 4.78 is 22.0. The lowest BCUT2D eigenvalue weighted by molar-refractivity contribution is -0.114. The Morgan fingerprint density at radius 3 is 1.68 bits per heavy atom. The highest BCUT2D eigenvalue weighted by Crippen LogP contribution is 2.50. The van der Waals surface area contributed by atoms with Crippen molar-refractivity contribution in [3.8, 4) is 0 Å². The number of ether oxygens (including phenoxy) is 2. The zero-order chi connectivity index (χ0) is 21.9. The number of thioether (sulfide) groups is 1. The predicted octanol–water partition coefficient (Wildman–Crippen LogP) is 5.68.